The number of carbonyl (C=O) groups is 2. The molecule has 0 rings (SSSR count). The number of esters is 2. The second-order valence-electron chi connectivity index (χ2n) is 11.1. The quantitative estimate of drug-likeness (QED) is 0.0345. The molecule has 2 N–H and O–H groups in total. The molecular weight excluding hydrogens is 579 g/mol. The number of hydrogen-bond donors (Lipinski definition) is 2. The van der Waals surface area contributed by atoms with E-state index >= 15 is 0 Å². The Kier molecular flexibility index (Phi) is 29.6. The van der Waals surface area contributed by atoms with Crippen molar-refractivity contribution in [1.82, 2.24) is 0 Å². The Morgan fingerprint density at radius 1 is 0.614 bits per heavy atom. The van der Waals surface area contributed by atoms with Crippen LogP contribution in [0.1, 0.15) is 142 Å². The summed E-state index contributed by atoms with van der Waals surface area (Å²) >= 11 is 0. The standard InChI is InChI=1S/C35H61O8P/c1-3-5-7-9-11-13-15-17-19-21-23-25-27-29-34(36)41-31-33(32-42-44(38,39)40)43-35(37)30-28-26-24-22-20-18-16-14-12-10-8-6-4-2/h6,8,12-15,18,20,33H,3-5,7,9-11,16-17,19,21-32H2,1-2H3,(H2,38,39,40)/b8-6-,14-12-,15-13-,20-18-. The van der Waals surface area contributed by atoms with Gasteiger partial charge in [-0.25, -0.2) is 4.57 Å². The first-order valence-corrected chi connectivity index (χ1v) is 18.5. The van der Waals surface area contributed by atoms with Gasteiger partial charge in [0.15, 0.2) is 6.10 Å². The van der Waals surface area contributed by atoms with Crippen LogP contribution in [0.4, 0.5) is 0 Å². The van der Waals surface area contributed by atoms with Crippen LogP contribution in [0.25, 0.3) is 0 Å². The van der Waals surface area contributed by atoms with Crippen LogP contribution < -0.4 is 0 Å². The maximum atomic E-state index is 12.3. The van der Waals surface area contributed by atoms with Crippen molar-refractivity contribution in [2.75, 3.05) is 13.2 Å². The van der Waals surface area contributed by atoms with Crippen LogP contribution in [0.3, 0.4) is 0 Å². The molecule has 8 nitrogen and oxygen atoms in total. The molecule has 1 unspecified atom stereocenters. The lowest BCUT2D eigenvalue weighted by Gasteiger charge is -2.18. The van der Waals surface area contributed by atoms with Crippen molar-refractivity contribution in [2.45, 2.75) is 148 Å². The van der Waals surface area contributed by atoms with E-state index in [1.165, 1.54) is 32.1 Å². The van der Waals surface area contributed by atoms with Crippen LogP contribution in [0.2, 0.25) is 0 Å². The fourth-order valence-electron chi connectivity index (χ4n) is 4.32. The number of carbonyl (C=O) groups excluding carboxylic acids is 2. The predicted molar refractivity (Wildman–Crippen MR) is 179 cm³/mol. The van der Waals surface area contributed by atoms with E-state index in [1.54, 1.807) is 0 Å². The molecule has 0 bridgehead atoms. The minimum Gasteiger partial charge on any atom is -0.462 e. The summed E-state index contributed by atoms with van der Waals surface area (Å²) in [7, 11) is -4.75. The highest BCUT2D eigenvalue weighted by Gasteiger charge is 2.22. The summed E-state index contributed by atoms with van der Waals surface area (Å²) in [5.41, 5.74) is 0. The largest absolute Gasteiger partial charge is 0.469 e. The molecule has 0 aromatic heterocycles. The zero-order valence-electron chi connectivity index (χ0n) is 27.5. The van der Waals surface area contributed by atoms with Gasteiger partial charge < -0.3 is 19.3 Å². The summed E-state index contributed by atoms with van der Waals surface area (Å²) in [6.45, 7) is 3.49. The molecule has 0 amide bonds. The van der Waals surface area contributed by atoms with Crippen LogP contribution >= 0.6 is 7.82 Å². The molecule has 0 radical (unpaired) electrons. The molecule has 0 aliphatic carbocycles. The highest BCUT2D eigenvalue weighted by Crippen LogP contribution is 2.35. The number of ether oxygens (including phenoxy) is 2. The number of allylic oxidation sites excluding steroid dienone is 8. The zero-order valence-corrected chi connectivity index (χ0v) is 28.4. The lowest BCUT2D eigenvalue weighted by molar-refractivity contribution is -0.161. The van der Waals surface area contributed by atoms with Gasteiger partial charge in [-0.3, -0.25) is 14.1 Å². The Morgan fingerprint density at radius 2 is 1.09 bits per heavy atom. The Balaban J connectivity index is 4.09. The van der Waals surface area contributed by atoms with Crippen molar-refractivity contribution in [3.63, 3.8) is 0 Å². The lowest BCUT2D eigenvalue weighted by atomic mass is 10.1. The van der Waals surface area contributed by atoms with Crippen LogP contribution in [0.5, 0.6) is 0 Å². The molecule has 254 valence electrons. The number of phosphoric acid groups is 1. The fraction of sp³-hybridized carbons (Fsp3) is 0.714. The van der Waals surface area contributed by atoms with Crippen molar-refractivity contribution in [1.29, 1.82) is 0 Å². The normalized spacial score (nSPS) is 13.1. The van der Waals surface area contributed by atoms with E-state index in [1.807, 2.05) is 0 Å². The SMILES string of the molecule is CC/C=C\C/C=C\C/C=C\CCCCCC(=O)OC(COC(=O)CCCCCCC/C=C\CCCCCC)COP(=O)(O)O. The van der Waals surface area contributed by atoms with Gasteiger partial charge in [0, 0.05) is 12.8 Å². The fourth-order valence-corrected chi connectivity index (χ4v) is 4.68. The van der Waals surface area contributed by atoms with Crippen molar-refractivity contribution in [3.8, 4) is 0 Å². The van der Waals surface area contributed by atoms with Crippen molar-refractivity contribution in [2.24, 2.45) is 0 Å². The maximum Gasteiger partial charge on any atom is 0.469 e. The third-order valence-electron chi connectivity index (χ3n) is 6.83. The number of rotatable bonds is 30. The summed E-state index contributed by atoms with van der Waals surface area (Å²) in [4.78, 5) is 42.5. The maximum absolute atomic E-state index is 12.3. The van der Waals surface area contributed by atoms with Crippen LogP contribution in [-0.4, -0.2) is 41.0 Å². The summed E-state index contributed by atoms with van der Waals surface area (Å²) in [5, 5.41) is 0. The van der Waals surface area contributed by atoms with Crippen LogP contribution in [0.15, 0.2) is 48.6 Å². The van der Waals surface area contributed by atoms with E-state index in [4.69, 9.17) is 19.3 Å². The second kappa shape index (κ2) is 31.0. The molecule has 0 aliphatic heterocycles. The predicted octanol–water partition coefficient (Wildman–Crippen LogP) is 9.62. The topological polar surface area (TPSA) is 119 Å². The van der Waals surface area contributed by atoms with Gasteiger partial charge in [0.2, 0.25) is 0 Å². The summed E-state index contributed by atoms with van der Waals surface area (Å²) in [6, 6.07) is 0. The summed E-state index contributed by atoms with van der Waals surface area (Å²) in [5.74, 6) is -0.936. The average Bonchev–Trinajstić information content (AvgIpc) is 2.98. The van der Waals surface area contributed by atoms with E-state index in [0.717, 1.165) is 70.6 Å². The third-order valence-corrected chi connectivity index (χ3v) is 7.32. The molecule has 0 saturated carbocycles. The molecular formula is C35H61O8P. The van der Waals surface area contributed by atoms with Gasteiger partial charge in [-0.15, -0.1) is 0 Å². The molecule has 0 saturated heterocycles. The van der Waals surface area contributed by atoms with Gasteiger partial charge in [-0.2, -0.15) is 0 Å². The highest BCUT2D eigenvalue weighted by atomic mass is 31.2. The Bertz CT molecular complexity index is 859. The molecule has 0 heterocycles. The van der Waals surface area contributed by atoms with Gasteiger partial charge in [0.05, 0.1) is 6.61 Å². The lowest BCUT2D eigenvalue weighted by Crippen LogP contribution is -2.29. The zero-order chi connectivity index (χ0) is 32.6. The molecule has 44 heavy (non-hydrogen) atoms. The van der Waals surface area contributed by atoms with Crippen molar-refractivity contribution in [3.05, 3.63) is 48.6 Å². The third kappa shape index (κ3) is 32.9. The molecule has 0 aromatic carbocycles. The molecule has 0 aromatic rings. The Labute approximate surface area is 267 Å². The van der Waals surface area contributed by atoms with E-state index in [-0.39, 0.29) is 19.4 Å². The highest BCUT2D eigenvalue weighted by molar-refractivity contribution is 7.46. The molecule has 0 fully saturated rings. The van der Waals surface area contributed by atoms with Gasteiger partial charge in [-0.05, 0) is 70.6 Å². The molecule has 1 atom stereocenters. The molecule has 0 aliphatic rings. The minimum absolute atomic E-state index is 0.173. The minimum atomic E-state index is -4.75. The average molecular weight is 641 g/mol. The summed E-state index contributed by atoms with van der Waals surface area (Å²) in [6.07, 6.45) is 35.5. The van der Waals surface area contributed by atoms with Gasteiger partial charge >= 0.3 is 19.8 Å². The Morgan fingerprint density at radius 3 is 1.68 bits per heavy atom. The van der Waals surface area contributed by atoms with Crippen molar-refractivity contribution < 1.29 is 37.9 Å². The number of hydrogen-bond acceptors (Lipinski definition) is 6. The van der Waals surface area contributed by atoms with Gasteiger partial charge in [0.1, 0.15) is 6.61 Å². The van der Waals surface area contributed by atoms with Crippen LogP contribution in [0, 0.1) is 0 Å². The van der Waals surface area contributed by atoms with Gasteiger partial charge in [0.25, 0.3) is 0 Å². The van der Waals surface area contributed by atoms with Crippen molar-refractivity contribution >= 4 is 19.8 Å². The van der Waals surface area contributed by atoms with Gasteiger partial charge in [-0.1, -0.05) is 107 Å². The number of phosphoric ester groups is 1. The Hall–Kier alpha value is -1.99. The monoisotopic (exact) mass is 640 g/mol. The molecule has 0 spiro atoms. The second-order valence-corrected chi connectivity index (χ2v) is 12.3. The smallest absolute Gasteiger partial charge is 0.462 e. The van der Waals surface area contributed by atoms with E-state index in [9.17, 15) is 14.2 Å². The van der Waals surface area contributed by atoms with E-state index in [2.05, 4.69) is 67.0 Å². The summed E-state index contributed by atoms with van der Waals surface area (Å²) < 4.78 is 26.2. The first-order valence-electron chi connectivity index (χ1n) is 16.9. The first-order chi connectivity index (χ1) is 21.3. The van der Waals surface area contributed by atoms with E-state index in [0.29, 0.717) is 12.8 Å². The van der Waals surface area contributed by atoms with Crippen LogP contribution in [-0.2, 0) is 28.2 Å². The number of unbranched alkanes of at least 4 members (excludes halogenated alkanes) is 12. The molecule has 9 heteroatoms. The van der Waals surface area contributed by atoms with E-state index < -0.39 is 32.5 Å². The first kappa shape index (κ1) is 42.0.